The lowest BCUT2D eigenvalue weighted by atomic mass is 10.1. The summed E-state index contributed by atoms with van der Waals surface area (Å²) >= 11 is 1.09. The lowest BCUT2D eigenvalue weighted by Gasteiger charge is -2.05. The minimum absolute atomic E-state index is 0.00451. The number of amides is 1. The molecule has 3 aromatic rings. The van der Waals surface area contributed by atoms with Crippen LogP contribution in [0.1, 0.15) is 0 Å². The Morgan fingerprint density at radius 2 is 1.97 bits per heavy atom. The molecule has 29 heavy (non-hydrogen) atoms. The number of nitro groups is 1. The number of nitro benzene ring substituents is 1. The molecule has 0 saturated heterocycles. The van der Waals surface area contributed by atoms with Crippen molar-refractivity contribution in [2.45, 2.75) is 4.90 Å². The van der Waals surface area contributed by atoms with E-state index in [0.29, 0.717) is 17.0 Å². The number of thiazole rings is 1. The largest absolute Gasteiger partial charge is 0.497 e. The summed E-state index contributed by atoms with van der Waals surface area (Å²) in [5.74, 6) is -0.976. The van der Waals surface area contributed by atoms with E-state index in [4.69, 9.17) is 4.74 Å². The Hall–Kier alpha value is -3.31. The van der Waals surface area contributed by atoms with Crippen molar-refractivity contribution in [2.24, 2.45) is 0 Å². The second-order valence-electron chi connectivity index (χ2n) is 5.83. The van der Waals surface area contributed by atoms with Gasteiger partial charge in [0.1, 0.15) is 11.5 Å². The summed E-state index contributed by atoms with van der Waals surface area (Å²) in [6.45, 7) is 0. The monoisotopic (exact) mass is 433 g/mol. The van der Waals surface area contributed by atoms with Crippen molar-refractivity contribution in [2.75, 3.05) is 18.2 Å². The number of carbonyl (C=O) groups is 1. The maximum atomic E-state index is 12.4. The standard InChI is InChI=1S/C18H15N3O6S2/c1-27-14-5-7-15(8-6-14)29(25,26)11-17(22)20-18-19-16(10-28-18)12-3-2-4-13(9-12)21(23)24/h2-10H,11H2,1H3,(H,19,20,22). The second-order valence-corrected chi connectivity index (χ2v) is 8.68. The number of methoxy groups -OCH3 is 1. The Labute approximate surface area is 170 Å². The quantitative estimate of drug-likeness (QED) is 0.448. The maximum absolute atomic E-state index is 12.4. The molecule has 0 aliphatic heterocycles. The molecule has 0 saturated carbocycles. The average Bonchev–Trinajstić information content (AvgIpc) is 3.16. The third-order valence-corrected chi connectivity index (χ3v) is 6.23. The molecular formula is C18H15N3O6S2. The maximum Gasteiger partial charge on any atom is 0.270 e. The van der Waals surface area contributed by atoms with Crippen LogP contribution in [0.25, 0.3) is 11.3 Å². The van der Waals surface area contributed by atoms with Crippen LogP contribution in [0.4, 0.5) is 10.8 Å². The number of hydrogen-bond donors (Lipinski definition) is 1. The molecule has 1 N–H and O–H groups in total. The number of sulfone groups is 1. The molecule has 3 rings (SSSR count). The molecule has 0 bridgehead atoms. The van der Waals surface area contributed by atoms with E-state index in [1.165, 1.54) is 49.6 Å². The summed E-state index contributed by atoms with van der Waals surface area (Å²) in [5.41, 5.74) is 0.875. The Bertz CT molecular complexity index is 1160. The molecule has 11 heteroatoms. The van der Waals surface area contributed by atoms with E-state index in [-0.39, 0.29) is 15.7 Å². The van der Waals surface area contributed by atoms with E-state index in [2.05, 4.69) is 10.3 Å². The van der Waals surface area contributed by atoms with Gasteiger partial charge >= 0.3 is 0 Å². The number of rotatable bonds is 7. The van der Waals surface area contributed by atoms with E-state index < -0.39 is 26.4 Å². The molecule has 9 nitrogen and oxygen atoms in total. The van der Waals surface area contributed by atoms with E-state index in [0.717, 1.165) is 11.3 Å². The van der Waals surface area contributed by atoms with Gasteiger partial charge in [-0.15, -0.1) is 11.3 Å². The number of nitrogens with one attached hydrogen (secondary N) is 1. The van der Waals surface area contributed by atoms with Crippen LogP contribution in [0, 0.1) is 10.1 Å². The van der Waals surface area contributed by atoms with E-state index in [1.54, 1.807) is 11.4 Å². The first-order valence-corrected chi connectivity index (χ1v) is 10.7. The number of hydrogen-bond acceptors (Lipinski definition) is 8. The summed E-state index contributed by atoms with van der Waals surface area (Å²) < 4.78 is 29.7. The van der Waals surface area contributed by atoms with Crippen molar-refractivity contribution in [1.29, 1.82) is 0 Å². The number of anilines is 1. The number of benzene rings is 2. The van der Waals surface area contributed by atoms with E-state index >= 15 is 0 Å². The Morgan fingerprint density at radius 3 is 2.62 bits per heavy atom. The molecule has 0 aliphatic rings. The fourth-order valence-corrected chi connectivity index (χ4v) is 4.31. The Morgan fingerprint density at radius 1 is 1.24 bits per heavy atom. The van der Waals surface area contributed by atoms with Crippen LogP contribution in [0.5, 0.6) is 5.75 Å². The van der Waals surface area contributed by atoms with Crippen LogP contribution >= 0.6 is 11.3 Å². The lowest BCUT2D eigenvalue weighted by Crippen LogP contribution is -2.22. The molecule has 0 fully saturated rings. The van der Waals surface area contributed by atoms with Crippen molar-refractivity contribution in [3.05, 3.63) is 64.0 Å². The minimum atomic E-state index is -3.83. The van der Waals surface area contributed by atoms with Gasteiger partial charge in [0.2, 0.25) is 5.91 Å². The van der Waals surface area contributed by atoms with Crippen molar-refractivity contribution in [3.63, 3.8) is 0 Å². The summed E-state index contributed by atoms with van der Waals surface area (Å²) in [6.07, 6.45) is 0. The van der Waals surface area contributed by atoms with Crippen LogP contribution in [0.2, 0.25) is 0 Å². The molecule has 1 aromatic heterocycles. The number of ether oxygens (including phenoxy) is 1. The summed E-state index contributed by atoms with van der Waals surface area (Å²) in [5, 5.41) is 15.1. The van der Waals surface area contributed by atoms with Gasteiger partial charge in [0.25, 0.3) is 5.69 Å². The first kappa shape index (κ1) is 20.4. The second kappa shape index (κ2) is 8.37. The minimum Gasteiger partial charge on any atom is -0.497 e. The third kappa shape index (κ3) is 4.95. The molecule has 0 radical (unpaired) electrons. The van der Waals surface area contributed by atoms with Crippen LogP contribution in [0.3, 0.4) is 0 Å². The van der Waals surface area contributed by atoms with Gasteiger partial charge in [-0.25, -0.2) is 13.4 Å². The number of nitrogens with zero attached hydrogens (tertiary/aromatic N) is 2. The van der Waals surface area contributed by atoms with Crippen LogP contribution < -0.4 is 10.1 Å². The van der Waals surface area contributed by atoms with Gasteiger partial charge < -0.3 is 10.1 Å². The number of carbonyl (C=O) groups excluding carboxylic acids is 1. The van der Waals surface area contributed by atoms with Gasteiger partial charge in [-0.2, -0.15) is 0 Å². The third-order valence-electron chi connectivity index (χ3n) is 3.84. The van der Waals surface area contributed by atoms with Crippen molar-refractivity contribution in [1.82, 2.24) is 4.98 Å². The topological polar surface area (TPSA) is 128 Å². The van der Waals surface area contributed by atoms with Gasteiger partial charge in [-0.1, -0.05) is 12.1 Å². The molecule has 0 aliphatic carbocycles. The highest BCUT2D eigenvalue weighted by atomic mass is 32.2. The van der Waals surface area contributed by atoms with Gasteiger partial charge in [-0.05, 0) is 24.3 Å². The fraction of sp³-hybridized carbons (Fsp3) is 0.111. The van der Waals surface area contributed by atoms with Gasteiger partial charge in [0.15, 0.2) is 15.0 Å². The normalized spacial score (nSPS) is 11.1. The molecule has 1 amide bonds. The van der Waals surface area contributed by atoms with Crippen LogP contribution in [-0.4, -0.2) is 37.1 Å². The molecule has 150 valence electrons. The van der Waals surface area contributed by atoms with Crippen LogP contribution in [-0.2, 0) is 14.6 Å². The first-order valence-electron chi connectivity index (χ1n) is 8.15. The molecule has 2 aromatic carbocycles. The zero-order valence-corrected chi connectivity index (χ0v) is 16.7. The molecule has 0 spiro atoms. The Balaban J connectivity index is 1.70. The van der Waals surface area contributed by atoms with Crippen molar-refractivity contribution >= 4 is 37.9 Å². The molecule has 1 heterocycles. The number of non-ortho nitro benzene ring substituents is 1. The molecular weight excluding hydrogens is 418 g/mol. The zero-order valence-electron chi connectivity index (χ0n) is 15.1. The SMILES string of the molecule is COc1ccc(S(=O)(=O)CC(=O)Nc2nc(-c3cccc([N+](=O)[O-])c3)cs2)cc1. The van der Waals surface area contributed by atoms with Crippen LogP contribution in [0.15, 0.2) is 58.8 Å². The highest BCUT2D eigenvalue weighted by Crippen LogP contribution is 2.27. The summed E-state index contributed by atoms with van der Waals surface area (Å²) in [4.78, 5) is 26.8. The fourth-order valence-electron chi connectivity index (χ4n) is 2.44. The zero-order chi connectivity index (χ0) is 21.0. The number of aromatic nitrogens is 1. The van der Waals surface area contributed by atoms with Gasteiger partial charge in [-0.3, -0.25) is 14.9 Å². The summed E-state index contributed by atoms with van der Waals surface area (Å²) in [6, 6.07) is 11.6. The van der Waals surface area contributed by atoms with Crippen molar-refractivity contribution < 1.29 is 22.9 Å². The highest BCUT2D eigenvalue weighted by molar-refractivity contribution is 7.92. The van der Waals surface area contributed by atoms with E-state index in [9.17, 15) is 23.3 Å². The lowest BCUT2D eigenvalue weighted by molar-refractivity contribution is -0.384. The smallest absolute Gasteiger partial charge is 0.270 e. The molecule has 0 unspecified atom stereocenters. The average molecular weight is 433 g/mol. The van der Waals surface area contributed by atoms with Crippen molar-refractivity contribution in [3.8, 4) is 17.0 Å². The predicted octanol–water partition coefficient (Wildman–Crippen LogP) is 3.14. The van der Waals surface area contributed by atoms with Gasteiger partial charge in [0, 0.05) is 23.1 Å². The van der Waals surface area contributed by atoms with E-state index in [1.807, 2.05) is 0 Å². The predicted molar refractivity (Wildman–Crippen MR) is 108 cm³/mol. The highest BCUT2D eigenvalue weighted by Gasteiger charge is 2.20. The molecule has 0 atom stereocenters. The Kier molecular flexibility index (Phi) is 5.89. The summed E-state index contributed by atoms with van der Waals surface area (Å²) in [7, 11) is -2.37. The first-order chi connectivity index (χ1) is 13.8. The van der Waals surface area contributed by atoms with Gasteiger partial charge in [0.05, 0.1) is 22.6 Å².